The van der Waals surface area contributed by atoms with Crippen LogP contribution < -0.4 is 10.6 Å². The van der Waals surface area contributed by atoms with Gasteiger partial charge in [-0.3, -0.25) is 9.59 Å². The predicted molar refractivity (Wildman–Crippen MR) is 95.8 cm³/mol. The maximum atomic E-state index is 12.1. The Kier molecular flexibility index (Phi) is 6.54. The summed E-state index contributed by atoms with van der Waals surface area (Å²) in [5.41, 5.74) is 1.40. The maximum absolute atomic E-state index is 12.1. The number of hydrogen-bond donors (Lipinski definition) is 3. The summed E-state index contributed by atoms with van der Waals surface area (Å²) in [6, 6.07) is 15.3. The fourth-order valence-corrected chi connectivity index (χ4v) is 2.59. The van der Waals surface area contributed by atoms with Crippen LogP contribution in [0.2, 0.25) is 0 Å². The van der Waals surface area contributed by atoms with Crippen molar-refractivity contribution in [1.29, 1.82) is 0 Å². The predicted octanol–water partition coefficient (Wildman–Crippen LogP) is 1.70. The van der Waals surface area contributed by atoms with Crippen molar-refractivity contribution >= 4 is 34.4 Å². The van der Waals surface area contributed by atoms with E-state index in [-0.39, 0.29) is 0 Å². The molecule has 3 N–H and O–H groups in total. The van der Waals surface area contributed by atoms with Crippen molar-refractivity contribution in [1.82, 2.24) is 10.6 Å². The van der Waals surface area contributed by atoms with Gasteiger partial charge >= 0.3 is 0 Å². The second-order valence-electron chi connectivity index (χ2n) is 4.92. The summed E-state index contributed by atoms with van der Waals surface area (Å²) < 4.78 is 1.07. The van der Waals surface area contributed by atoms with Crippen LogP contribution in [-0.2, 0) is 11.3 Å². The average molecular weight is 424 g/mol. The first-order valence-corrected chi connectivity index (χ1v) is 8.17. The fourth-order valence-electron chi connectivity index (χ4n) is 1.98. The van der Waals surface area contributed by atoms with E-state index in [1.165, 1.54) is 0 Å². The molecule has 0 radical (unpaired) electrons. The van der Waals surface area contributed by atoms with E-state index in [2.05, 4.69) is 33.2 Å². The highest BCUT2D eigenvalue weighted by atomic mass is 127. The molecule has 0 aliphatic rings. The van der Waals surface area contributed by atoms with Gasteiger partial charge in [0, 0.05) is 15.7 Å². The lowest BCUT2D eigenvalue weighted by atomic mass is 10.2. The van der Waals surface area contributed by atoms with E-state index in [9.17, 15) is 14.7 Å². The maximum Gasteiger partial charge on any atom is 0.251 e. The zero-order valence-electron chi connectivity index (χ0n) is 12.3. The third-order valence-electron chi connectivity index (χ3n) is 3.20. The van der Waals surface area contributed by atoms with Crippen LogP contribution in [0.15, 0.2) is 54.6 Å². The van der Waals surface area contributed by atoms with Gasteiger partial charge in [0.15, 0.2) is 0 Å². The Labute approximate surface area is 148 Å². The minimum absolute atomic E-state index is 0.341. The second kappa shape index (κ2) is 8.64. The summed E-state index contributed by atoms with van der Waals surface area (Å²) in [5, 5.41) is 14.6. The van der Waals surface area contributed by atoms with Crippen molar-refractivity contribution in [2.24, 2.45) is 0 Å². The van der Waals surface area contributed by atoms with E-state index < -0.39 is 24.5 Å². The Morgan fingerprint density at radius 1 is 1.09 bits per heavy atom. The van der Waals surface area contributed by atoms with Crippen molar-refractivity contribution in [2.45, 2.75) is 12.6 Å². The SMILES string of the molecule is O=C(N[C@@H](CO)C(=O)NCc1cccc(I)c1)c1ccccc1. The molecule has 5 nitrogen and oxygen atoms in total. The fraction of sp³-hybridized carbons (Fsp3) is 0.176. The Hall–Kier alpha value is -1.93. The van der Waals surface area contributed by atoms with Gasteiger partial charge < -0.3 is 15.7 Å². The van der Waals surface area contributed by atoms with Crippen LogP contribution in [0.5, 0.6) is 0 Å². The zero-order chi connectivity index (χ0) is 16.7. The smallest absolute Gasteiger partial charge is 0.251 e. The first-order chi connectivity index (χ1) is 11.1. The highest BCUT2D eigenvalue weighted by molar-refractivity contribution is 14.1. The molecule has 23 heavy (non-hydrogen) atoms. The molecule has 0 aliphatic heterocycles. The molecule has 0 unspecified atom stereocenters. The van der Waals surface area contributed by atoms with Crippen LogP contribution in [0.1, 0.15) is 15.9 Å². The van der Waals surface area contributed by atoms with E-state index in [0.29, 0.717) is 12.1 Å². The van der Waals surface area contributed by atoms with Crippen LogP contribution in [0.3, 0.4) is 0 Å². The molecule has 0 fully saturated rings. The summed E-state index contributed by atoms with van der Waals surface area (Å²) in [7, 11) is 0. The topological polar surface area (TPSA) is 78.4 Å². The molecule has 1 atom stereocenters. The molecule has 120 valence electrons. The van der Waals surface area contributed by atoms with Crippen molar-refractivity contribution in [3.05, 3.63) is 69.3 Å². The van der Waals surface area contributed by atoms with Crippen LogP contribution in [0, 0.1) is 3.57 Å². The summed E-state index contributed by atoms with van der Waals surface area (Å²) in [6.45, 7) is -0.121. The van der Waals surface area contributed by atoms with Crippen molar-refractivity contribution in [3.8, 4) is 0 Å². The quantitative estimate of drug-likeness (QED) is 0.618. The molecule has 2 amide bonds. The molecule has 0 heterocycles. The van der Waals surface area contributed by atoms with E-state index in [1.807, 2.05) is 24.3 Å². The lowest BCUT2D eigenvalue weighted by molar-refractivity contribution is -0.124. The third kappa shape index (κ3) is 5.33. The number of hydrogen-bond acceptors (Lipinski definition) is 3. The summed E-state index contributed by atoms with van der Waals surface area (Å²) in [4.78, 5) is 24.1. The van der Waals surface area contributed by atoms with Crippen LogP contribution in [0.25, 0.3) is 0 Å². The zero-order valence-corrected chi connectivity index (χ0v) is 14.5. The Bertz CT molecular complexity index is 677. The van der Waals surface area contributed by atoms with Gasteiger partial charge in [-0.25, -0.2) is 0 Å². The van der Waals surface area contributed by atoms with Gasteiger partial charge in [-0.2, -0.15) is 0 Å². The minimum atomic E-state index is -0.981. The summed E-state index contributed by atoms with van der Waals surface area (Å²) in [6.07, 6.45) is 0. The van der Waals surface area contributed by atoms with E-state index >= 15 is 0 Å². The third-order valence-corrected chi connectivity index (χ3v) is 3.87. The van der Waals surface area contributed by atoms with Crippen molar-refractivity contribution in [2.75, 3.05) is 6.61 Å². The molecule has 0 saturated heterocycles. The number of aliphatic hydroxyl groups is 1. The van der Waals surface area contributed by atoms with Gasteiger partial charge in [-0.15, -0.1) is 0 Å². The number of rotatable bonds is 6. The molecule has 0 saturated carbocycles. The minimum Gasteiger partial charge on any atom is -0.394 e. The first-order valence-electron chi connectivity index (χ1n) is 7.09. The molecular formula is C17H17IN2O3. The molecular weight excluding hydrogens is 407 g/mol. The number of carbonyl (C=O) groups excluding carboxylic acids is 2. The molecule has 6 heteroatoms. The molecule has 0 spiro atoms. The standard InChI is InChI=1S/C17H17IN2O3/c18-14-8-4-5-12(9-14)10-19-17(23)15(11-21)20-16(22)13-6-2-1-3-7-13/h1-9,15,21H,10-11H2,(H,19,23)(H,20,22)/t15-/m0/s1. The number of carbonyl (C=O) groups is 2. The summed E-state index contributed by atoms with van der Waals surface area (Å²) in [5.74, 6) is -0.815. The van der Waals surface area contributed by atoms with Gasteiger partial charge in [0.05, 0.1) is 6.61 Å². The molecule has 2 aromatic carbocycles. The number of halogens is 1. The Balaban J connectivity index is 1.92. The lowest BCUT2D eigenvalue weighted by Gasteiger charge is -2.16. The van der Waals surface area contributed by atoms with E-state index in [0.717, 1.165) is 9.13 Å². The van der Waals surface area contributed by atoms with Crippen LogP contribution in [-0.4, -0.2) is 29.6 Å². The monoisotopic (exact) mass is 424 g/mol. The van der Waals surface area contributed by atoms with Crippen LogP contribution >= 0.6 is 22.6 Å². The lowest BCUT2D eigenvalue weighted by Crippen LogP contribution is -2.48. The normalized spacial score (nSPS) is 11.6. The number of nitrogens with one attached hydrogen (secondary N) is 2. The van der Waals surface area contributed by atoms with Crippen molar-refractivity contribution in [3.63, 3.8) is 0 Å². The molecule has 0 aromatic heterocycles. The van der Waals surface area contributed by atoms with E-state index in [1.54, 1.807) is 30.3 Å². The van der Waals surface area contributed by atoms with E-state index in [4.69, 9.17) is 0 Å². The molecule has 2 aromatic rings. The van der Waals surface area contributed by atoms with Gasteiger partial charge in [0.25, 0.3) is 5.91 Å². The largest absolute Gasteiger partial charge is 0.394 e. The van der Waals surface area contributed by atoms with Crippen LogP contribution in [0.4, 0.5) is 0 Å². The number of amides is 2. The number of benzene rings is 2. The average Bonchev–Trinajstić information content (AvgIpc) is 2.58. The highest BCUT2D eigenvalue weighted by Crippen LogP contribution is 2.07. The van der Waals surface area contributed by atoms with Gasteiger partial charge in [-0.1, -0.05) is 30.3 Å². The first kappa shape index (κ1) is 17.4. The van der Waals surface area contributed by atoms with Gasteiger partial charge in [0.1, 0.15) is 6.04 Å². The molecule has 0 aliphatic carbocycles. The Morgan fingerprint density at radius 2 is 1.83 bits per heavy atom. The molecule has 0 bridgehead atoms. The number of aliphatic hydroxyl groups excluding tert-OH is 1. The summed E-state index contributed by atoms with van der Waals surface area (Å²) >= 11 is 2.20. The van der Waals surface area contributed by atoms with Gasteiger partial charge in [0.2, 0.25) is 5.91 Å². The highest BCUT2D eigenvalue weighted by Gasteiger charge is 2.20. The second-order valence-corrected chi connectivity index (χ2v) is 6.17. The Morgan fingerprint density at radius 3 is 2.48 bits per heavy atom. The van der Waals surface area contributed by atoms with Crippen molar-refractivity contribution < 1.29 is 14.7 Å². The van der Waals surface area contributed by atoms with Gasteiger partial charge in [-0.05, 0) is 52.4 Å². The molecule has 2 rings (SSSR count).